The second-order valence-corrected chi connectivity index (χ2v) is 9.83. The normalized spacial score (nSPS) is 58.7. The lowest BCUT2D eigenvalue weighted by Gasteiger charge is -2.57. The second kappa shape index (κ2) is 4.86. The van der Waals surface area contributed by atoms with Gasteiger partial charge in [-0.2, -0.15) is 0 Å². The predicted octanol–water partition coefficient (Wildman–Crippen LogP) is 3.44. The summed E-state index contributed by atoms with van der Waals surface area (Å²) in [7, 11) is 0. The Morgan fingerprint density at radius 1 is 1.12 bits per heavy atom. The summed E-state index contributed by atoms with van der Waals surface area (Å²) >= 11 is 0. The van der Waals surface area contributed by atoms with Gasteiger partial charge in [0.05, 0.1) is 12.7 Å². The zero-order chi connectivity index (χ0) is 16.7. The molecule has 5 aliphatic rings. The fourth-order valence-electron chi connectivity index (χ4n) is 7.80. The number of rotatable bonds is 1. The largest absolute Gasteiger partial charge is 0.394 e. The van der Waals surface area contributed by atoms with Gasteiger partial charge in [-0.1, -0.05) is 25.5 Å². The average Bonchev–Trinajstić information content (AvgIpc) is 3.21. The molecule has 1 heterocycles. The van der Waals surface area contributed by atoms with E-state index in [-0.39, 0.29) is 29.8 Å². The first-order valence-corrected chi connectivity index (χ1v) is 10.1. The Kier molecular flexibility index (Phi) is 3.21. The lowest BCUT2D eigenvalue weighted by atomic mass is 9.47. The highest BCUT2D eigenvalue weighted by atomic mass is 16.6. The van der Waals surface area contributed by atoms with Crippen LogP contribution in [0, 0.1) is 28.6 Å². The molecule has 134 valence electrons. The number of allylic oxidation sites excluding steroid dienone is 1. The zero-order valence-corrected chi connectivity index (χ0v) is 15.1. The molecule has 4 aliphatic carbocycles. The third-order valence-electron chi connectivity index (χ3n) is 9.24. The number of fused-ring (bicyclic) bond motifs is 6. The van der Waals surface area contributed by atoms with Crippen molar-refractivity contribution >= 4 is 0 Å². The van der Waals surface area contributed by atoms with E-state index in [0.29, 0.717) is 5.41 Å². The molecule has 0 radical (unpaired) electrons. The smallest absolute Gasteiger partial charge is 0.111 e. The van der Waals surface area contributed by atoms with E-state index in [4.69, 9.17) is 4.74 Å². The molecule has 0 aromatic carbocycles. The first kappa shape index (κ1) is 15.8. The number of aliphatic hydroxyl groups excluding tert-OH is 2. The highest BCUT2D eigenvalue weighted by Crippen LogP contribution is 2.72. The third-order valence-corrected chi connectivity index (χ3v) is 9.24. The van der Waals surface area contributed by atoms with Gasteiger partial charge >= 0.3 is 0 Å². The van der Waals surface area contributed by atoms with Crippen molar-refractivity contribution in [1.29, 1.82) is 0 Å². The highest BCUT2D eigenvalue weighted by molar-refractivity contribution is 5.28. The Morgan fingerprint density at radius 2 is 1.92 bits per heavy atom. The van der Waals surface area contributed by atoms with Gasteiger partial charge in [-0.25, -0.2) is 0 Å². The minimum atomic E-state index is -0.116. The molecule has 5 rings (SSSR count). The first-order chi connectivity index (χ1) is 11.4. The lowest BCUT2D eigenvalue weighted by Crippen LogP contribution is -2.52. The minimum absolute atomic E-state index is 0.00889. The molecule has 1 saturated heterocycles. The number of ether oxygens (including phenoxy) is 1. The SMILES string of the molecule is C[C@]12CCC(O)CC1=CC[C@@H]1[C@@H]2CC[C@@]2(C)[C@H]1CC[C@@]21OC1CO. The monoisotopic (exact) mass is 332 g/mol. The molecular weight excluding hydrogens is 300 g/mol. The maximum absolute atomic E-state index is 10.1. The van der Waals surface area contributed by atoms with Crippen molar-refractivity contribution in [2.45, 2.75) is 83.0 Å². The Labute approximate surface area is 145 Å². The molecular formula is C21H32O3. The van der Waals surface area contributed by atoms with Crippen LogP contribution in [0.2, 0.25) is 0 Å². The Balaban J connectivity index is 1.47. The van der Waals surface area contributed by atoms with Gasteiger partial charge in [0.15, 0.2) is 0 Å². The van der Waals surface area contributed by atoms with Gasteiger partial charge in [-0.15, -0.1) is 0 Å². The van der Waals surface area contributed by atoms with Crippen LogP contribution in [-0.4, -0.2) is 34.6 Å². The number of epoxide rings is 1. The summed E-state index contributed by atoms with van der Waals surface area (Å²) in [6, 6.07) is 0. The van der Waals surface area contributed by atoms with Crippen LogP contribution in [0.5, 0.6) is 0 Å². The van der Waals surface area contributed by atoms with Crippen LogP contribution in [0.3, 0.4) is 0 Å². The van der Waals surface area contributed by atoms with Gasteiger partial charge in [0.1, 0.15) is 11.7 Å². The van der Waals surface area contributed by atoms with Crippen LogP contribution in [0.15, 0.2) is 11.6 Å². The third kappa shape index (κ3) is 1.74. The van der Waals surface area contributed by atoms with E-state index in [2.05, 4.69) is 19.9 Å². The fraction of sp³-hybridized carbons (Fsp3) is 0.905. The number of aliphatic hydroxyl groups is 2. The van der Waals surface area contributed by atoms with E-state index in [0.717, 1.165) is 43.4 Å². The summed E-state index contributed by atoms with van der Waals surface area (Å²) < 4.78 is 6.11. The van der Waals surface area contributed by atoms with Crippen LogP contribution >= 0.6 is 0 Å². The van der Waals surface area contributed by atoms with Crippen molar-refractivity contribution in [2.24, 2.45) is 28.6 Å². The molecule has 2 N–H and O–H groups in total. The maximum atomic E-state index is 10.1. The summed E-state index contributed by atoms with van der Waals surface area (Å²) in [6.45, 7) is 5.14. The Hall–Kier alpha value is -0.380. The van der Waals surface area contributed by atoms with Gasteiger partial charge in [0.25, 0.3) is 0 Å². The predicted molar refractivity (Wildman–Crippen MR) is 92.4 cm³/mol. The molecule has 0 aromatic rings. The number of hydrogen-bond acceptors (Lipinski definition) is 3. The molecule has 3 saturated carbocycles. The molecule has 4 fully saturated rings. The summed E-state index contributed by atoms with van der Waals surface area (Å²) in [5.74, 6) is 2.30. The average molecular weight is 332 g/mol. The van der Waals surface area contributed by atoms with Gasteiger partial charge in [-0.3, -0.25) is 0 Å². The molecule has 0 aromatic heterocycles. The van der Waals surface area contributed by atoms with Crippen LogP contribution in [0.25, 0.3) is 0 Å². The highest BCUT2D eigenvalue weighted by Gasteiger charge is 2.74. The quantitative estimate of drug-likeness (QED) is 0.571. The van der Waals surface area contributed by atoms with Crippen LogP contribution in [-0.2, 0) is 4.74 Å². The van der Waals surface area contributed by atoms with Crippen LogP contribution in [0.1, 0.15) is 65.2 Å². The van der Waals surface area contributed by atoms with Crippen molar-refractivity contribution in [3.8, 4) is 0 Å². The van der Waals surface area contributed by atoms with Crippen LogP contribution < -0.4 is 0 Å². The minimum Gasteiger partial charge on any atom is -0.394 e. The molecule has 1 aliphatic heterocycles. The van der Waals surface area contributed by atoms with Gasteiger partial charge in [0, 0.05) is 5.41 Å². The summed E-state index contributed by atoms with van der Waals surface area (Å²) in [6.07, 6.45) is 11.7. The molecule has 0 bridgehead atoms. The summed E-state index contributed by atoms with van der Waals surface area (Å²) in [4.78, 5) is 0. The van der Waals surface area contributed by atoms with Gasteiger partial charge < -0.3 is 14.9 Å². The van der Waals surface area contributed by atoms with E-state index in [1.165, 1.54) is 25.7 Å². The zero-order valence-electron chi connectivity index (χ0n) is 15.1. The first-order valence-electron chi connectivity index (χ1n) is 10.1. The van der Waals surface area contributed by atoms with Crippen molar-refractivity contribution in [3.05, 3.63) is 11.6 Å². The molecule has 8 atom stereocenters. The summed E-state index contributed by atoms with van der Waals surface area (Å²) in [5.41, 5.74) is 2.12. The van der Waals surface area contributed by atoms with Crippen LogP contribution in [0.4, 0.5) is 0 Å². The maximum Gasteiger partial charge on any atom is 0.111 e. The standard InChI is InChI=1S/C21H32O3/c1-19-8-5-14(23)11-13(19)3-4-15-16(19)6-9-20(2)17(15)7-10-21(20)18(12-22)24-21/h3,14-18,22-23H,4-12H2,1-2H3/t14?,15-,16+,17+,18?,19+,20+,21+/m1/s1. The Bertz CT molecular complexity index is 586. The van der Waals surface area contributed by atoms with E-state index in [1.54, 1.807) is 5.57 Å². The van der Waals surface area contributed by atoms with Gasteiger partial charge in [-0.05, 0) is 74.5 Å². The molecule has 0 amide bonds. The molecule has 2 unspecified atom stereocenters. The van der Waals surface area contributed by atoms with E-state index >= 15 is 0 Å². The topological polar surface area (TPSA) is 53.0 Å². The fourth-order valence-corrected chi connectivity index (χ4v) is 7.80. The Morgan fingerprint density at radius 3 is 2.67 bits per heavy atom. The van der Waals surface area contributed by atoms with Crippen molar-refractivity contribution in [3.63, 3.8) is 0 Å². The summed E-state index contributed by atoms with van der Waals surface area (Å²) in [5, 5.41) is 19.7. The molecule has 1 spiro atoms. The van der Waals surface area contributed by atoms with Crippen molar-refractivity contribution < 1.29 is 14.9 Å². The lowest BCUT2D eigenvalue weighted by molar-refractivity contribution is -0.0558. The van der Waals surface area contributed by atoms with Crippen molar-refractivity contribution in [1.82, 2.24) is 0 Å². The molecule has 3 nitrogen and oxygen atoms in total. The van der Waals surface area contributed by atoms with Crippen molar-refractivity contribution in [2.75, 3.05) is 6.61 Å². The molecule has 24 heavy (non-hydrogen) atoms. The number of hydrogen-bond donors (Lipinski definition) is 2. The van der Waals surface area contributed by atoms with E-state index in [9.17, 15) is 10.2 Å². The second-order valence-electron chi connectivity index (χ2n) is 9.83. The van der Waals surface area contributed by atoms with E-state index in [1.807, 2.05) is 0 Å². The molecule has 3 heteroatoms. The van der Waals surface area contributed by atoms with Gasteiger partial charge in [0.2, 0.25) is 0 Å². The van der Waals surface area contributed by atoms with E-state index < -0.39 is 0 Å².